The van der Waals surface area contributed by atoms with E-state index in [0.29, 0.717) is 6.42 Å². The van der Waals surface area contributed by atoms with Gasteiger partial charge in [0.05, 0.1) is 6.61 Å². The van der Waals surface area contributed by atoms with Crippen molar-refractivity contribution in [1.29, 1.82) is 0 Å². The zero-order chi connectivity index (χ0) is 14.2. The van der Waals surface area contributed by atoms with E-state index in [-0.39, 0.29) is 18.5 Å². The molecule has 0 spiro atoms. The summed E-state index contributed by atoms with van der Waals surface area (Å²) in [5, 5.41) is 10.7. The normalized spacial score (nSPS) is 16.4. The number of carbonyl (C=O) groups excluding carboxylic acids is 1. The third-order valence-electron chi connectivity index (χ3n) is 2.95. The summed E-state index contributed by atoms with van der Waals surface area (Å²) in [7, 11) is -1.35. The Labute approximate surface area is 112 Å². The Morgan fingerprint density at radius 3 is 2.39 bits per heavy atom. The quantitative estimate of drug-likeness (QED) is 0.399. The Bertz CT molecular complexity index is 245. The molecular weight excluding hydrogens is 248 g/mol. The van der Waals surface area contributed by atoms with E-state index < -0.39 is 14.8 Å². The predicted octanol–water partition coefficient (Wildman–Crippen LogP) is 2.45. The number of hydrogen-bond donors (Lipinski definition) is 1. The third kappa shape index (κ3) is 6.52. The summed E-state index contributed by atoms with van der Waals surface area (Å²) < 4.78 is 10.9. The van der Waals surface area contributed by atoms with Crippen molar-refractivity contribution in [3.8, 4) is 0 Å². The van der Waals surface area contributed by atoms with E-state index in [1.54, 1.807) is 0 Å². The molecule has 0 radical (unpaired) electrons. The molecule has 2 unspecified atom stereocenters. The summed E-state index contributed by atoms with van der Waals surface area (Å²) in [6, 6.07) is 0. The lowest BCUT2D eigenvalue weighted by molar-refractivity contribution is -0.200. The molecule has 0 fully saturated rings. The van der Waals surface area contributed by atoms with Crippen LogP contribution in [0, 0.1) is 5.92 Å². The molecule has 0 saturated carbocycles. The number of aliphatic hydroxyl groups is 1. The molecule has 0 saturated heterocycles. The molecule has 5 heteroatoms. The highest BCUT2D eigenvalue weighted by atomic mass is 28.3. The molecule has 108 valence electrons. The molecule has 0 aliphatic rings. The summed E-state index contributed by atoms with van der Waals surface area (Å²) in [5.41, 5.74) is 0. The minimum Gasteiger partial charge on any atom is -0.465 e. The van der Waals surface area contributed by atoms with Gasteiger partial charge in [0.15, 0.2) is 14.8 Å². The fourth-order valence-electron chi connectivity index (χ4n) is 1.98. The van der Waals surface area contributed by atoms with Crippen LogP contribution < -0.4 is 0 Å². The van der Waals surface area contributed by atoms with E-state index in [1.165, 1.54) is 6.92 Å². The van der Waals surface area contributed by atoms with Gasteiger partial charge in [-0.25, -0.2) is 0 Å². The van der Waals surface area contributed by atoms with E-state index in [0.717, 1.165) is 19.3 Å². The minimum absolute atomic E-state index is 0.150. The summed E-state index contributed by atoms with van der Waals surface area (Å²) in [6.45, 7) is 9.75. The van der Waals surface area contributed by atoms with Crippen molar-refractivity contribution in [3.05, 3.63) is 0 Å². The van der Waals surface area contributed by atoms with Crippen molar-refractivity contribution in [1.82, 2.24) is 0 Å². The predicted molar refractivity (Wildman–Crippen MR) is 74.9 cm³/mol. The molecule has 0 aromatic heterocycles. The van der Waals surface area contributed by atoms with Gasteiger partial charge in [-0.1, -0.05) is 20.3 Å². The van der Waals surface area contributed by atoms with Crippen LogP contribution >= 0.6 is 0 Å². The third-order valence-corrected chi connectivity index (χ3v) is 3.83. The van der Waals surface area contributed by atoms with E-state index in [2.05, 4.69) is 6.92 Å². The second kappa shape index (κ2) is 8.66. The largest absolute Gasteiger partial charge is 0.465 e. The highest BCUT2D eigenvalue weighted by molar-refractivity contribution is 6.48. The maximum absolute atomic E-state index is 10.9. The van der Waals surface area contributed by atoms with E-state index in [1.807, 2.05) is 20.0 Å². The number of esters is 1. The minimum atomic E-state index is -1.35. The number of carbonyl (C=O) groups is 1. The smallest absolute Gasteiger partial charge is 0.302 e. The van der Waals surface area contributed by atoms with Crippen molar-refractivity contribution in [3.63, 3.8) is 0 Å². The molecular formula is C13H28O4Si. The first-order valence-electron chi connectivity index (χ1n) is 6.89. The fraction of sp³-hybridized carbons (Fsp3) is 0.923. The van der Waals surface area contributed by atoms with Crippen molar-refractivity contribution in [2.45, 2.75) is 65.3 Å². The van der Waals surface area contributed by atoms with Gasteiger partial charge in [-0.05, 0) is 25.9 Å². The first-order valence-corrected chi connectivity index (χ1v) is 9.67. The lowest BCUT2D eigenvalue weighted by atomic mass is 9.92. The van der Waals surface area contributed by atoms with Crippen LogP contribution in [0.2, 0.25) is 13.1 Å². The highest BCUT2D eigenvalue weighted by Gasteiger charge is 2.37. The van der Waals surface area contributed by atoms with Crippen LogP contribution in [0.5, 0.6) is 0 Å². The molecule has 1 N–H and O–H groups in total. The molecule has 0 aromatic carbocycles. The zero-order valence-corrected chi connectivity index (χ0v) is 13.5. The SMILES string of the molecule is CCCCC(O)(O[SiH](C)C)C(CC)COC(C)=O. The molecule has 0 aliphatic carbocycles. The van der Waals surface area contributed by atoms with Crippen molar-refractivity contribution < 1.29 is 19.1 Å². The average Bonchev–Trinajstić information content (AvgIpc) is 2.25. The van der Waals surface area contributed by atoms with Gasteiger partial charge in [0, 0.05) is 19.3 Å². The van der Waals surface area contributed by atoms with E-state index >= 15 is 0 Å². The number of unbranched alkanes of at least 4 members (excludes halogenated alkanes) is 1. The first kappa shape index (κ1) is 17.6. The summed E-state index contributed by atoms with van der Waals surface area (Å²) in [4.78, 5) is 10.9. The van der Waals surface area contributed by atoms with Crippen molar-refractivity contribution in [2.24, 2.45) is 5.92 Å². The van der Waals surface area contributed by atoms with Gasteiger partial charge in [-0.3, -0.25) is 4.79 Å². The topological polar surface area (TPSA) is 55.8 Å². The standard InChI is InChI=1S/C13H28O4Si/c1-6-8-9-13(15,17-18(4)5)12(7-2)10-16-11(3)14/h12,15,18H,6-10H2,1-5H3. The Kier molecular flexibility index (Phi) is 8.48. The molecule has 4 nitrogen and oxygen atoms in total. The van der Waals surface area contributed by atoms with Gasteiger partial charge >= 0.3 is 5.97 Å². The van der Waals surface area contributed by atoms with Crippen LogP contribution in [0.1, 0.15) is 46.5 Å². The van der Waals surface area contributed by atoms with Gasteiger partial charge in [-0.15, -0.1) is 0 Å². The van der Waals surface area contributed by atoms with Crippen LogP contribution in [-0.4, -0.2) is 32.5 Å². The Hall–Kier alpha value is -0.393. The van der Waals surface area contributed by atoms with Crippen LogP contribution in [0.4, 0.5) is 0 Å². The summed E-state index contributed by atoms with van der Waals surface area (Å²) >= 11 is 0. The average molecular weight is 276 g/mol. The van der Waals surface area contributed by atoms with Crippen LogP contribution in [0.25, 0.3) is 0 Å². The Morgan fingerprint density at radius 2 is 2.00 bits per heavy atom. The molecule has 0 heterocycles. The molecule has 2 atom stereocenters. The monoisotopic (exact) mass is 276 g/mol. The summed E-state index contributed by atoms with van der Waals surface area (Å²) in [6.07, 6.45) is 3.26. The molecule has 0 bridgehead atoms. The molecule has 0 aliphatic heterocycles. The van der Waals surface area contributed by atoms with Gasteiger partial charge in [-0.2, -0.15) is 0 Å². The number of rotatable bonds is 9. The van der Waals surface area contributed by atoms with Gasteiger partial charge in [0.2, 0.25) is 0 Å². The lowest BCUT2D eigenvalue weighted by Crippen LogP contribution is -2.45. The van der Waals surface area contributed by atoms with Crippen LogP contribution in [-0.2, 0) is 14.0 Å². The van der Waals surface area contributed by atoms with Crippen LogP contribution in [0.15, 0.2) is 0 Å². The number of hydrogen-bond acceptors (Lipinski definition) is 4. The van der Waals surface area contributed by atoms with Crippen molar-refractivity contribution >= 4 is 15.0 Å². The highest BCUT2D eigenvalue weighted by Crippen LogP contribution is 2.29. The molecule has 0 amide bonds. The molecule has 18 heavy (non-hydrogen) atoms. The zero-order valence-electron chi connectivity index (χ0n) is 12.4. The lowest BCUT2D eigenvalue weighted by Gasteiger charge is -2.37. The second-order valence-electron chi connectivity index (χ2n) is 5.02. The van der Waals surface area contributed by atoms with Gasteiger partial charge in [0.25, 0.3) is 0 Å². The van der Waals surface area contributed by atoms with Gasteiger partial charge < -0.3 is 14.3 Å². The Balaban J connectivity index is 4.69. The Morgan fingerprint density at radius 1 is 1.39 bits per heavy atom. The van der Waals surface area contributed by atoms with E-state index in [9.17, 15) is 9.90 Å². The molecule has 0 rings (SSSR count). The maximum atomic E-state index is 10.9. The maximum Gasteiger partial charge on any atom is 0.302 e. The van der Waals surface area contributed by atoms with Crippen molar-refractivity contribution in [2.75, 3.05) is 6.61 Å². The van der Waals surface area contributed by atoms with Gasteiger partial charge in [0.1, 0.15) is 0 Å². The van der Waals surface area contributed by atoms with E-state index in [4.69, 9.17) is 9.16 Å². The second-order valence-corrected chi connectivity index (χ2v) is 7.36. The number of ether oxygens (including phenoxy) is 1. The fourth-order valence-corrected chi connectivity index (χ4v) is 3.11. The van der Waals surface area contributed by atoms with Crippen LogP contribution in [0.3, 0.4) is 0 Å². The molecule has 0 aromatic rings. The summed E-state index contributed by atoms with van der Waals surface area (Å²) in [5.74, 6) is -1.60. The first-order chi connectivity index (χ1) is 8.35.